The fourth-order valence-electron chi connectivity index (χ4n) is 4.09. The molecule has 0 aliphatic carbocycles. The topological polar surface area (TPSA) is 66.5 Å². The number of fused-ring (bicyclic) bond motifs is 1. The number of hydrogen-bond donors (Lipinski definition) is 1. The summed E-state index contributed by atoms with van der Waals surface area (Å²) in [7, 11) is -3.73. The first-order chi connectivity index (χ1) is 16.3. The zero-order valence-electron chi connectivity index (χ0n) is 18.9. The molecular formula is C27H24N2O3S2. The van der Waals surface area contributed by atoms with Crippen LogP contribution >= 0.6 is 11.8 Å². The predicted octanol–water partition coefficient (Wildman–Crippen LogP) is 6.04. The van der Waals surface area contributed by atoms with E-state index in [1.807, 2.05) is 72.5 Å². The fourth-order valence-corrected chi connectivity index (χ4v) is 6.36. The lowest BCUT2D eigenvalue weighted by Gasteiger charge is -2.25. The molecule has 4 aromatic carbocycles. The molecule has 7 heteroatoms. The van der Waals surface area contributed by atoms with E-state index < -0.39 is 10.0 Å². The molecule has 1 saturated heterocycles. The zero-order chi connectivity index (χ0) is 23.9. The van der Waals surface area contributed by atoms with Gasteiger partial charge in [-0.25, -0.2) is 8.42 Å². The van der Waals surface area contributed by atoms with Crippen molar-refractivity contribution < 1.29 is 13.2 Å². The summed E-state index contributed by atoms with van der Waals surface area (Å²) < 4.78 is 28.6. The van der Waals surface area contributed by atoms with E-state index in [0.717, 1.165) is 27.6 Å². The van der Waals surface area contributed by atoms with Crippen LogP contribution in [0.2, 0.25) is 0 Å². The molecule has 34 heavy (non-hydrogen) atoms. The van der Waals surface area contributed by atoms with Gasteiger partial charge in [0.05, 0.1) is 10.6 Å². The highest BCUT2D eigenvalue weighted by Crippen LogP contribution is 2.42. The molecule has 1 aliphatic heterocycles. The number of rotatable bonds is 5. The first-order valence-electron chi connectivity index (χ1n) is 10.9. The lowest BCUT2D eigenvalue weighted by Crippen LogP contribution is -2.27. The second kappa shape index (κ2) is 8.81. The molecule has 0 radical (unpaired) electrons. The van der Waals surface area contributed by atoms with Crippen molar-refractivity contribution >= 4 is 49.8 Å². The number of nitrogens with one attached hydrogen (secondary N) is 1. The summed E-state index contributed by atoms with van der Waals surface area (Å²) in [5, 5.41) is 1.71. The molecule has 0 unspecified atom stereocenters. The van der Waals surface area contributed by atoms with Crippen molar-refractivity contribution in [2.45, 2.75) is 24.1 Å². The van der Waals surface area contributed by atoms with Gasteiger partial charge in [0.25, 0.3) is 10.0 Å². The lowest BCUT2D eigenvalue weighted by molar-refractivity contribution is -0.115. The maximum absolute atomic E-state index is 13.0. The molecule has 1 heterocycles. The van der Waals surface area contributed by atoms with Crippen molar-refractivity contribution in [3.63, 3.8) is 0 Å². The molecule has 5 rings (SSSR count). The predicted molar refractivity (Wildman–Crippen MR) is 140 cm³/mol. The smallest absolute Gasteiger partial charge is 0.261 e. The van der Waals surface area contributed by atoms with Crippen LogP contribution in [-0.2, 0) is 14.8 Å². The van der Waals surface area contributed by atoms with Crippen LogP contribution in [0.15, 0.2) is 89.8 Å². The summed E-state index contributed by atoms with van der Waals surface area (Å²) in [5.41, 5.74) is 4.62. The molecule has 5 nitrogen and oxygen atoms in total. The van der Waals surface area contributed by atoms with E-state index in [-0.39, 0.29) is 16.2 Å². The minimum atomic E-state index is -3.73. The Kier molecular flexibility index (Phi) is 5.83. The molecular weight excluding hydrogens is 464 g/mol. The number of carbonyl (C=O) groups excluding carboxylic acids is 1. The summed E-state index contributed by atoms with van der Waals surface area (Å²) in [6, 6.07) is 26.0. The summed E-state index contributed by atoms with van der Waals surface area (Å²) in [6.45, 7) is 4.09. The van der Waals surface area contributed by atoms with Gasteiger partial charge in [0.1, 0.15) is 5.37 Å². The number of nitrogens with zero attached hydrogens (tertiary/aromatic N) is 1. The highest BCUT2D eigenvalue weighted by atomic mass is 32.2. The Morgan fingerprint density at radius 1 is 0.853 bits per heavy atom. The maximum atomic E-state index is 13.0. The third-order valence-electron chi connectivity index (χ3n) is 6.12. The number of benzene rings is 4. The van der Waals surface area contributed by atoms with E-state index in [1.54, 1.807) is 36.0 Å². The molecule has 1 N–H and O–H groups in total. The summed E-state index contributed by atoms with van der Waals surface area (Å²) >= 11 is 1.57. The summed E-state index contributed by atoms with van der Waals surface area (Å²) in [6.07, 6.45) is 0. The third kappa shape index (κ3) is 4.29. The number of amides is 1. The Morgan fingerprint density at radius 3 is 2.32 bits per heavy atom. The normalized spacial score (nSPS) is 16.2. The van der Waals surface area contributed by atoms with Crippen molar-refractivity contribution in [3.05, 3.63) is 102 Å². The number of aryl methyl sites for hydroxylation is 2. The first kappa shape index (κ1) is 22.5. The van der Waals surface area contributed by atoms with Gasteiger partial charge in [-0.05, 0) is 77.7 Å². The van der Waals surface area contributed by atoms with Crippen LogP contribution in [0.25, 0.3) is 10.8 Å². The SMILES string of the molecule is Cc1ccc(N2C(=O)CS[C@@H]2c2ccc(NS(=O)(=O)c3ccc4ccccc4c3)cc2)cc1C. The van der Waals surface area contributed by atoms with Gasteiger partial charge in [0.15, 0.2) is 0 Å². The van der Waals surface area contributed by atoms with Crippen LogP contribution in [0.5, 0.6) is 0 Å². The monoisotopic (exact) mass is 488 g/mol. The molecule has 4 aromatic rings. The molecule has 0 saturated carbocycles. The number of anilines is 2. The van der Waals surface area contributed by atoms with Gasteiger partial charge in [-0.15, -0.1) is 11.8 Å². The second-order valence-electron chi connectivity index (χ2n) is 8.43. The number of sulfonamides is 1. The Labute approximate surface area is 203 Å². The van der Waals surface area contributed by atoms with E-state index in [9.17, 15) is 13.2 Å². The Morgan fingerprint density at radius 2 is 1.59 bits per heavy atom. The Hall–Kier alpha value is -3.29. The lowest BCUT2D eigenvalue weighted by atomic mass is 10.1. The van der Waals surface area contributed by atoms with Crippen molar-refractivity contribution in [1.82, 2.24) is 0 Å². The molecule has 1 aliphatic rings. The standard InChI is InChI=1S/C27H24N2O3S2/c1-18-7-13-24(15-19(18)2)29-26(30)17-33-27(29)21-8-11-23(12-9-21)28-34(31,32)25-14-10-20-5-3-4-6-22(20)16-25/h3-16,27-28H,17H2,1-2H3/t27-/m1/s1. The first-order valence-corrected chi connectivity index (χ1v) is 13.5. The van der Waals surface area contributed by atoms with Crippen molar-refractivity contribution in [1.29, 1.82) is 0 Å². The van der Waals surface area contributed by atoms with Gasteiger partial charge < -0.3 is 0 Å². The minimum Gasteiger partial charge on any atom is -0.295 e. The van der Waals surface area contributed by atoms with Gasteiger partial charge in [-0.3, -0.25) is 14.4 Å². The zero-order valence-corrected chi connectivity index (χ0v) is 20.5. The van der Waals surface area contributed by atoms with E-state index in [4.69, 9.17) is 0 Å². The van der Waals surface area contributed by atoms with Crippen LogP contribution in [0.4, 0.5) is 11.4 Å². The number of carbonyl (C=O) groups is 1. The molecule has 172 valence electrons. The summed E-state index contributed by atoms with van der Waals surface area (Å²) in [4.78, 5) is 14.7. The van der Waals surface area contributed by atoms with Crippen LogP contribution < -0.4 is 9.62 Å². The molecule has 0 spiro atoms. The Bertz CT molecular complexity index is 1500. The quantitative estimate of drug-likeness (QED) is 0.372. The average Bonchev–Trinajstić information content (AvgIpc) is 3.22. The van der Waals surface area contributed by atoms with Gasteiger partial charge in [-0.1, -0.05) is 48.5 Å². The van der Waals surface area contributed by atoms with Crippen molar-refractivity contribution in [3.8, 4) is 0 Å². The molecule has 1 atom stereocenters. The van der Waals surface area contributed by atoms with Crippen LogP contribution in [0.3, 0.4) is 0 Å². The van der Waals surface area contributed by atoms with Gasteiger partial charge >= 0.3 is 0 Å². The summed E-state index contributed by atoms with van der Waals surface area (Å²) in [5.74, 6) is 0.479. The second-order valence-corrected chi connectivity index (χ2v) is 11.2. The van der Waals surface area contributed by atoms with Gasteiger partial charge in [0, 0.05) is 11.4 Å². The van der Waals surface area contributed by atoms with Crippen molar-refractivity contribution in [2.24, 2.45) is 0 Å². The van der Waals surface area contributed by atoms with Crippen molar-refractivity contribution in [2.75, 3.05) is 15.4 Å². The highest BCUT2D eigenvalue weighted by molar-refractivity contribution is 8.00. The third-order valence-corrected chi connectivity index (χ3v) is 8.71. The van der Waals surface area contributed by atoms with E-state index in [1.165, 1.54) is 5.56 Å². The molecule has 0 bridgehead atoms. The fraction of sp³-hybridized carbons (Fsp3) is 0.148. The van der Waals surface area contributed by atoms with Gasteiger partial charge in [0.2, 0.25) is 5.91 Å². The average molecular weight is 489 g/mol. The number of thioether (sulfide) groups is 1. The minimum absolute atomic E-state index is 0.0688. The number of hydrogen-bond acceptors (Lipinski definition) is 4. The van der Waals surface area contributed by atoms with Crippen LogP contribution in [-0.4, -0.2) is 20.1 Å². The maximum Gasteiger partial charge on any atom is 0.261 e. The highest BCUT2D eigenvalue weighted by Gasteiger charge is 2.34. The van der Waals surface area contributed by atoms with E-state index in [0.29, 0.717) is 11.4 Å². The van der Waals surface area contributed by atoms with Gasteiger partial charge in [-0.2, -0.15) is 0 Å². The Balaban J connectivity index is 1.38. The van der Waals surface area contributed by atoms with Crippen LogP contribution in [0, 0.1) is 13.8 Å². The largest absolute Gasteiger partial charge is 0.295 e. The van der Waals surface area contributed by atoms with E-state index in [2.05, 4.69) is 11.6 Å². The molecule has 1 amide bonds. The molecule has 1 fully saturated rings. The molecule has 0 aromatic heterocycles. The van der Waals surface area contributed by atoms with Crippen LogP contribution in [0.1, 0.15) is 22.1 Å². The van der Waals surface area contributed by atoms with E-state index >= 15 is 0 Å².